The molecule has 1 unspecified atom stereocenters. The zero-order chi connectivity index (χ0) is 19.2. The van der Waals surface area contributed by atoms with Crippen molar-refractivity contribution in [3.8, 4) is 5.75 Å². The van der Waals surface area contributed by atoms with Crippen LogP contribution >= 0.6 is 0 Å². The highest BCUT2D eigenvalue weighted by molar-refractivity contribution is 7.89. The number of carbonyl (C=O) groups is 2. The van der Waals surface area contributed by atoms with Crippen molar-refractivity contribution < 1.29 is 27.5 Å². The summed E-state index contributed by atoms with van der Waals surface area (Å²) in [5.74, 6) is -0.573. The summed E-state index contributed by atoms with van der Waals surface area (Å²) in [7, 11) is -2.71. The van der Waals surface area contributed by atoms with Crippen molar-refractivity contribution in [2.24, 2.45) is 5.73 Å². The molecule has 0 fully saturated rings. The maximum Gasteiger partial charge on any atom is 0.323 e. The Morgan fingerprint density at radius 3 is 2.28 bits per heavy atom. The first-order valence-electron chi connectivity index (χ1n) is 7.71. The molecule has 0 saturated carbocycles. The predicted molar refractivity (Wildman–Crippen MR) is 91.6 cm³/mol. The smallest absolute Gasteiger partial charge is 0.323 e. The fourth-order valence-electron chi connectivity index (χ4n) is 2.37. The number of esters is 1. The van der Waals surface area contributed by atoms with Crippen LogP contribution in [0.4, 0.5) is 0 Å². The van der Waals surface area contributed by atoms with E-state index in [0.29, 0.717) is 29.9 Å². The Labute approximate surface area is 147 Å². The van der Waals surface area contributed by atoms with E-state index < -0.39 is 27.9 Å². The normalized spacial score (nSPS) is 12.5. The second-order valence-corrected chi connectivity index (χ2v) is 7.32. The highest BCUT2D eigenvalue weighted by atomic mass is 32.2. The van der Waals surface area contributed by atoms with Crippen molar-refractivity contribution in [3.05, 3.63) is 23.3 Å². The van der Waals surface area contributed by atoms with Gasteiger partial charge in [0, 0.05) is 6.42 Å². The quantitative estimate of drug-likeness (QED) is 0.488. The number of ether oxygens (including phenoxy) is 2. The number of hydrogen-bond donors (Lipinski definition) is 2. The van der Waals surface area contributed by atoms with E-state index in [1.165, 1.54) is 14.0 Å². The maximum atomic E-state index is 12.5. The van der Waals surface area contributed by atoms with Gasteiger partial charge in [-0.05, 0) is 50.5 Å². The lowest BCUT2D eigenvalue weighted by molar-refractivity contribution is -0.142. The number of benzene rings is 1. The number of rotatable bonds is 9. The van der Waals surface area contributed by atoms with Crippen LogP contribution in [0.1, 0.15) is 30.9 Å². The van der Waals surface area contributed by atoms with E-state index in [1.54, 1.807) is 26.0 Å². The Morgan fingerprint density at radius 2 is 1.80 bits per heavy atom. The fraction of sp³-hybridized carbons (Fsp3) is 0.500. The Hall–Kier alpha value is -2.13. The van der Waals surface area contributed by atoms with Gasteiger partial charge in [-0.1, -0.05) is 0 Å². The summed E-state index contributed by atoms with van der Waals surface area (Å²) in [6.07, 6.45) is 0.700. The van der Waals surface area contributed by atoms with Gasteiger partial charge in [0.15, 0.2) is 0 Å². The molecule has 25 heavy (non-hydrogen) atoms. The number of primary amides is 1. The van der Waals surface area contributed by atoms with Gasteiger partial charge >= 0.3 is 5.97 Å². The number of carbonyl (C=O) groups excluding carboxylic acids is 2. The molecule has 0 spiro atoms. The number of aryl methyl sites for hydroxylation is 2. The zero-order valence-electron chi connectivity index (χ0n) is 14.8. The van der Waals surface area contributed by atoms with E-state index in [9.17, 15) is 18.0 Å². The molecular formula is C16H24N2O6S. The van der Waals surface area contributed by atoms with Gasteiger partial charge in [0.2, 0.25) is 15.9 Å². The number of amides is 1. The molecule has 1 atom stereocenters. The molecule has 140 valence electrons. The Balaban J connectivity index is 2.94. The van der Waals surface area contributed by atoms with Gasteiger partial charge < -0.3 is 15.2 Å². The van der Waals surface area contributed by atoms with E-state index in [2.05, 4.69) is 9.46 Å². The zero-order valence-corrected chi connectivity index (χ0v) is 15.6. The molecule has 1 aromatic rings. The van der Waals surface area contributed by atoms with Crippen LogP contribution in [0.3, 0.4) is 0 Å². The van der Waals surface area contributed by atoms with Crippen LogP contribution < -0.4 is 15.2 Å². The first kappa shape index (κ1) is 20.9. The minimum Gasteiger partial charge on any atom is -0.494 e. The molecule has 0 heterocycles. The van der Waals surface area contributed by atoms with Crippen LogP contribution in [-0.4, -0.2) is 40.1 Å². The van der Waals surface area contributed by atoms with Crippen LogP contribution in [-0.2, 0) is 24.3 Å². The fourth-order valence-corrected chi connectivity index (χ4v) is 4.02. The number of nitrogens with one attached hydrogen (secondary N) is 1. The van der Waals surface area contributed by atoms with Gasteiger partial charge in [-0.3, -0.25) is 9.59 Å². The number of sulfonamides is 1. The van der Waals surface area contributed by atoms with Gasteiger partial charge in [-0.15, -0.1) is 0 Å². The number of hydrogen-bond acceptors (Lipinski definition) is 6. The standard InChI is InChI=1S/C16H24N2O6S/c1-10-8-13(24-7-5-6-14(17)19)9-11(2)15(10)25(21,22)18-12(3)16(20)23-4/h8-9,12,18H,5-7H2,1-4H3,(H2,17,19). The summed E-state index contributed by atoms with van der Waals surface area (Å²) in [4.78, 5) is 22.2. The van der Waals surface area contributed by atoms with Gasteiger partial charge in [0.05, 0.1) is 18.6 Å². The second kappa shape index (κ2) is 8.82. The third-order valence-corrected chi connectivity index (χ3v) is 5.27. The van der Waals surface area contributed by atoms with E-state index in [4.69, 9.17) is 10.5 Å². The molecule has 0 aromatic heterocycles. The van der Waals surface area contributed by atoms with Gasteiger partial charge in [-0.2, -0.15) is 4.72 Å². The Bertz CT molecular complexity index is 722. The average Bonchev–Trinajstić information content (AvgIpc) is 2.49. The molecule has 1 amide bonds. The second-order valence-electron chi connectivity index (χ2n) is 5.67. The van der Waals surface area contributed by atoms with E-state index in [0.717, 1.165) is 0 Å². The molecule has 0 aliphatic heterocycles. The van der Waals surface area contributed by atoms with Crippen LogP contribution in [0.2, 0.25) is 0 Å². The van der Waals surface area contributed by atoms with Crippen LogP contribution in [0.25, 0.3) is 0 Å². The summed E-state index contributed by atoms with van der Waals surface area (Å²) in [5.41, 5.74) is 6.02. The summed E-state index contributed by atoms with van der Waals surface area (Å²) < 4.78 is 37.4. The van der Waals surface area contributed by atoms with E-state index in [-0.39, 0.29) is 11.3 Å². The summed E-state index contributed by atoms with van der Waals surface area (Å²) in [6.45, 7) is 4.98. The minimum atomic E-state index is -3.90. The lowest BCUT2D eigenvalue weighted by Gasteiger charge is -2.17. The van der Waals surface area contributed by atoms with Crippen molar-refractivity contribution in [1.82, 2.24) is 4.72 Å². The topological polar surface area (TPSA) is 125 Å². The van der Waals surface area contributed by atoms with Crippen molar-refractivity contribution in [3.63, 3.8) is 0 Å². The third kappa shape index (κ3) is 6.02. The summed E-state index contributed by atoms with van der Waals surface area (Å²) in [5, 5.41) is 0. The molecule has 0 bridgehead atoms. The number of nitrogens with two attached hydrogens (primary N) is 1. The molecule has 1 rings (SSSR count). The molecule has 0 saturated heterocycles. The van der Waals surface area contributed by atoms with E-state index in [1.807, 2.05) is 0 Å². The monoisotopic (exact) mass is 372 g/mol. The Morgan fingerprint density at radius 1 is 1.24 bits per heavy atom. The molecule has 1 aromatic carbocycles. The molecule has 0 radical (unpaired) electrons. The number of methoxy groups -OCH3 is 1. The highest BCUT2D eigenvalue weighted by Gasteiger charge is 2.26. The van der Waals surface area contributed by atoms with Crippen molar-refractivity contribution in [2.75, 3.05) is 13.7 Å². The first-order valence-corrected chi connectivity index (χ1v) is 9.19. The average molecular weight is 372 g/mol. The van der Waals surface area contributed by atoms with Crippen LogP contribution in [0.15, 0.2) is 17.0 Å². The minimum absolute atomic E-state index is 0.0905. The third-order valence-electron chi connectivity index (χ3n) is 3.43. The predicted octanol–water partition coefficient (Wildman–Crippen LogP) is 0.788. The lowest BCUT2D eigenvalue weighted by Crippen LogP contribution is -2.39. The largest absolute Gasteiger partial charge is 0.494 e. The maximum absolute atomic E-state index is 12.5. The first-order chi connectivity index (χ1) is 11.6. The van der Waals surface area contributed by atoms with Crippen molar-refractivity contribution >= 4 is 21.9 Å². The SMILES string of the molecule is COC(=O)C(C)NS(=O)(=O)c1c(C)cc(OCCCC(N)=O)cc1C. The molecule has 9 heteroatoms. The van der Waals surface area contributed by atoms with Crippen LogP contribution in [0.5, 0.6) is 5.75 Å². The van der Waals surface area contributed by atoms with Crippen LogP contribution in [0, 0.1) is 13.8 Å². The van der Waals surface area contributed by atoms with E-state index >= 15 is 0 Å². The van der Waals surface area contributed by atoms with Gasteiger partial charge in [0.1, 0.15) is 11.8 Å². The molecule has 8 nitrogen and oxygen atoms in total. The lowest BCUT2D eigenvalue weighted by atomic mass is 10.1. The summed E-state index contributed by atoms with van der Waals surface area (Å²) >= 11 is 0. The van der Waals surface area contributed by atoms with Crippen molar-refractivity contribution in [2.45, 2.75) is 44.6 Å². The Kier molecular flexibility index (Phi) is 7.38. The van der Waals surface area contributed by atoms with Gasteiger partial charge in [-0.25, -0.2) is 8.42 Å². The highest BCUT2D eigenvalue weighted by Crippen LogP contribution is 2.26. The molecule has 0 aliphatic rings. The molecular weight excluding hydrogens is 348 g/mol. The van der Waals surface area contributed by atoms with Gasteiger partial charge in [0.25, 0.3) is 0 Å². The molecule has 0 aliphatic carbocycles. The van der Waals surface area contributed by atoms with Crippen molar-refractivity contribution in [1.29, 1.82) is 0 Å². The molecule has 3 N–H and O–H groups in total. The summed E-state index contributed by atoms with van der Waals surface area (Å²) in [6, 6.07) is 2.18.